The van der Waals surface area contributed by atoms with Crippen molar-refractivity contribution < 1.29 is 0 Å². The fraction of sp³-hybridized carbons (Fsp3) is 0. The molecule has 0 spiro atoms. The molecule has 0 aliphatic carbocycles. The molecule has 0 radical (unpaired) electrons. The van der Waals surface area contributed by atoms with Gasteiger partial charge in [-0.25, -0.2) is 4.99 Å². The van der Waals surface area contributed by atoms with Crippen LogP contribution in [0.25, 0.3) is 22.2 Å². The Morgan fingerprint density at radius 1 is 0.750 bits per heavy atom. The van der Waals surface area contributed by atoms with Crippen molar-refractivity contribution in [2.45, 2.75) is 0 Å². The van der Waals surface area contributed by atoms with Crippen LogP contribution >= 0.6 is 11.3 Å². The van der Waals surface area contributed by atoms with Crippen LogP contribution in [0.5, 0.6) is 0 Å². The van der Waals surface area contributed by atoms with Gasteiger partial charge in [-0.15, -0.1) is 11.3 Å². The van der Waals surface area contributed by atoms with Crippen LogP contribution in [0.2, 0.25) is 0 Å². The number of aromatic nitrogens is 1. The maximum atomic E-state index is 4.95. The van der Waals surface area contributed by atoms with E-state index in [4.69, 9.17) is 4.99 Å². The minimum absolute atomic E-state index is 0.977. The zero-order valence-corrected chi connectivity index (χ0v) is 16.0. The predicted octanol–water partition coefficient (Wildman–Crippen LogP) is 6.67. The first-order valence-electron chi connectivity index (χ1n) is 9.23. The molecule has 134 valence electrons. The molecule has 3 heterocycles. The Morgan fingerprint density at radius 3 is 2.21 bits per heavy atom. The summed E-state index contributed by atoms with van der Waals surface area (Å²) in [6, 6.07) is 29.2. The Morgan fingerprint density at radius 2 is 1.50 bits per heavy atom. The van der Waals surface area contributed by atoms with E-state index in [2.05, 4.69) is 83.2 Å². The highest BCUT2D eigenvalue weighted by Crippen LogP contribution is 2.33. The lowest BCUT2D eigenvalue weighted by Gasteiger charge is -2.03. The lowest BCUT2D eigenvalue weighted by atomic mass is 10.0. The van der Waals surface area contributed by atoms with Gasteiger partial charge in [-0.2, -0.15) is 0 Å². The fourth-order valence-electron chi connectivity index (χ4n) is 3.37. The molecule has 0 saturated heterocycles. The number of hydrogen-bond donors (Lipinski definition) is 1. The molecular formula is C25H18N2S. The van der Waals surface area contributed by atoms with Gasteiger partial charge in [0.25, 0.3) is 0 Å². The van der Waals surface area contributed by atoms with E-state index in [1.54, 1.807) is 11.3 Å². The Labute approximate surface area is 168 Å². The van der Waals surface area contributed by atoms with Gasteiger partial charge in [-0.1, -0.05) is 66.7 Å². The van der Waals surface area contributed by atoms with E-state index in [1.165, 1.54) is 10.4 Å². The van der Waals surface area contributed by atoms with Crippen LogP contribution in [0, 0.1) is 0 Å². The molecule has 1 N–H and O–H groups in total. The fourth-order valence-corrected chi connectivity index (χ4v) is 4.07. The number of hydrogen-bond acceptors (Lipinski definition) is 2. The largest absolute Gasteiger partial charge is 0.354 e. The van der Waals surface area contributed by atoms with Crippen molar-refractivity contribution in [3.8, 4) is 10.6 Å². The number of nitrogens with zero attached hydrogens (tertiary/aromatic N) is 1. The molecule has 0 atom stereocenters. The Balaban J connectivity index is 1.56. The first-order valence-corrected chi connectivity index (χ1v) is 10.1. The highest BCUT2D eigenvalue weighted by molar-refractivity contribution is 7.13. The van der Waals surface area contributed by atoms with E-state index in [0.29, 0.717) is 0 Å². The maximum absolute atomic E-state index is 4.95. The molecule has 0 unspecified atom stereocenters. The first kappa shape index (κ1) is 16.7. The van der Waals surface area contributed by atoms with Gasteiger partial charge >= 0.3 is 0 Å². The summed E-state index contributed by atoms with van der Waals surface area (Å²) in [7, 11) is 0. The van der Waals surface area contributed by atoms with Crippen molar-refractivity contribution in [1.82, 2.24) is 4.98 Å². The van der Waals surface area contributed by atoms with Gasteiger partial charge in [0.2, 0.25) is 0 Å². The van der Waals surface area contributed by atoms with Crippen molar-refractivity contribution in [1.29, 1.82) is 0 Å². The van der Waals surface area contributed by atoms with Crippen LogP contribution in [0.3, 0.4) is 0 Å². The molecule has 1 aliphatic rings. The predicted molar refractivity (Wildman–Crippen MR) is 119 cm³/mol. The number of H-pyrrole nitrogens is 1. The van der Waals surface area contributed by atoms with E-state index in [9.17, 15) is 0 Å². The highest BCUT2D eigenvalue weighted by atomic mass is 32.1. The number of rotatable bonds is 4. The molecule has 2 aromatic carbocycles. The van der Waals surface area contributed by atoms with Crippen LogP contribution in [0.1, 0.15) is 16.8 Å². The number of aliphatic imine (C=N–C) groups is 1. The Hall–Kier alpha value is -3.43. The molecule has 1 aliphatic heterocycles. The van der Waals surface area contributed by atoms with Gasteiger partial charge in [0.1, 0.15) is 0 Å². The summed E-state index contributed by atoms with van der Waals surface area (Å²) in [5.74, 6) is 0. The number of benzene rings is 2. The van der Waals surface area contributed by atoms with Crippen molar-refractivity contribution in [3.05, 3.63) is 119 Å². The lowest BCUT2D eigenvalue weighted by molar-refractivity contribution is 1.36. The summed E-state index contributed by atoms with van der Waals surface area (Å²) in [4.78, 5) is 9.70. The molecule has 0 fully saturated rings. The van der Waals surface area contributed by atoms with Gasteiger partial charge < -0.3 is 4.98 Å². The van der Waals surface area contributed by atoms with Gasteiger partial charge in [-0.3, -0.25) is 0 Å². The van der Waals surface area contributed by atoms with Gasteiger partial charge in [0.15, 0.2) is 0 Å². The third kappa shape index (κ3) is 3.28. The van der Waals surface area contributed by atoms with Crippen LogP contribution in [-0.2, 0) is 0 Å². The van der Waals surface area contributed by atoms with E-state index in [1.807, 2.05) is 24.3 Å². The molecular weight excluding hydrogens is 360 g/mol. The summed E-state index contributed by atoms with van der Waals surface area (Å²) in [5, 5.41) is 2.10. The second-order valence-electron chi connectivity index (χ2n) is 6.62. The third-order valence-corrected chi connectivity index (χ3v) is 5.64. The van der Waals surface area contributed by atoms with Crippen LogP contribution in [0.4, 0.5) is 0 Å². The van der Waals surface area contributed by atoms with Crippen molar-refractivity contribution >= 4 is 28.7 Å². The first-order chi connectivity index (χ1) is 13.9. The van der Waals surface area contributed by atoms with Gasteiger partial charge in [0.05, 0.1) is 22.0 Å². The third-order valence-electron chi connectivity index (χ3n) is 4.74. The van der Waals surface area contributed by atoms with Crippen LogP contribution in [-0.4, -0.2) is 10.7 Å². The summed E-state index contributed by atoms with van der Waals surface area (Å²) >= 11 is 1.74. The topological polar surface area (TPSA) is 28.1 Å². The van der Waals surface area contributed by atoms with E-state index in [0.717, 1.165) is 33.9 Å². The molecule has 5 rings (SSSR count). The molecule has 3 heteroatoms. The van der Waals surface area contributed by atoms with Crippen molar-refractivity contribution in [3.63, 3.8) is 0 Å². The van der Waals surface area contributed by atoms with E-state index in [-0.39, 0.29) is 0 Å². The summed E-state index contributed by atoms with van der Waals surface area (Å²) in [5.41, 5.74) is 7.61. The van der Waals surface area contributed by atoms with Crippen LogP contribution in [0.15, 0.2) is 107 Å². The molecule has 28 heavy (non-hydrogen) atoms. The normalized spacial score (nSPS) is 14.9. The van der Waals surface area contributed by atoms with Gasteiger partial charge in [-0.05, 0) is 41.3 Å². The summed E-state index contributed by atoms with van der Waals surface area (Å²) in [6.45, 7) is 0. The van der Waals surface area contributed by atoms with Crippen molar-refractivity contribution in [2.24, 2.45) is 4.99 Å². The van der Waals surface area contributed by atoms with E-state index >= 15 is 0 Å². The monoisotopic (exact) mass is 378 g/mol. The Bertz CT molecular complexity index is 1180. The Kier molecular flexibility index (Phi) is 4.36. The highest BCUT2D eigenvalue weighted by Gasteiger charge is 2.17. The number of nitrogens with one attached hydrogen (secondary N) is 1. The molecule has 2 nitrogen and oxygen atoms in total. The number of aromatic amines is 1. The average Bonchev–Trinajstić information content (AvgIpc) is 3.50. The van der Waals surface area contributed by atoms with Gasteiger partial charge in [0, 0.05) is 16.8 Å². The number of thiophene rings is 1. The second kappa shape index (κ2) is 7.29. The SMILES string of the molecule is C1=C(c2ccccc2)/C(=C/c2ccc(-c3cccs3)[nH]2)N=C1c1ccccc1. The quantitative estimate of drug-likeness (QED) is 0.411. The molecule has 0 bridgehead atoms. The van der Waals surface area contributed by atoms with E-state index < -0.39 is 0 Å². The smallest absolute Gasteiger partial charge is 0.0736 e. The minimum Gasteiger partial charge on any atom is -0.354 e. The number of allylic oxidation sites excluding steroid dienone is 2. The summed E-state index contributed by atoms with van der Waals surface area (Å²) in [6.07, 6.45) is 4.31. The van der Waals surface area contributed by atoms with Crippen LogP contribution < -0.4 is 0 Å². The lowest BCUT2D eigenvalue weighted by Crippen LogP contribution is -1.92. The van der Waals surface area contributed by atoms with Crippen molar-refractivity contribution in [2.75, 3.05) is 0 Å². The molecule has 4 aromatic rings. The summed E-state index contributed by atoms with van der Waals surface area (Å²) < 4.78 is 0. The second-order valence-corrected chi connectivity index (χ2v) is 7.57. The molecule has 2 aromatic heterocycles. The standard InChI is InChI=1S/C25H18N2S/c1-3-8-18(9-4-1)21-17-23(19-10-5-2-6-11-19)27-24(21)16-20-13-14-22(26-20)25-12-7-15-28-25/h1-17,26H/b24-16-. The average molecular weight is 379 g/mol. The molecule has 0 amide bonds. The molecule has 0 saturated carbocycles. The zero-order chi connectivity index (χ0) is 18.8. The zero-order valence-electron chi connectivity index (χ0n) is 15.2. The minimum atomic E-state index is 0.977. The maximum Gasteiger partial charge on any atom is 0.0736 e.